The molecule has 0 saturated carbocycles. The van der Waals surface area contributed by atoms with Crippen LogP contribution < -0.4 is 10.9 Å². The van der Waals surface area contributed by atoms with E-state index in [-0.39, 0.29) is 17.5 Å². The first kappa shape index (κ1) is 18.6. The second-order valence-electron chi connectivity index (χ2n) is 6.54. The second-order valence-corrected chi connectivity index (χ2v) is 6.54. The Balaban J connectivity index is 2.33. The highest BCUT2D eigenvalue weighted by Gasteiger charge is 2.24. The van der Waals surface area contributed by atoms with Gasteiger partial charge in [-0.05, 0) is 18.9 Å². The van der Waals surface area contributed by atoms with Gasteiger partial charge in [0.2, 0.25) is 0 Å². The van der Waals surface area contributed by atoms with E-state index in [0.717, 1.165) is 17.5 Å². The molecule has 5 nitrogen and oxygen atoms in total. The minimum Gasteiger partial charge on any atom is -0.349 e. The Kier molecular flexibility index (Phi) is 5.50. The minimum absolute atomic E-state index is 0.0285. The number of carbonyl (C=O) groups is 1. The second kappa shape index (κ2) is 7.99. The number of carbonyl (C=O) groups excluding carboxylic acids is 1. The van der Waals surface area contributed by atoms with Crippen molar-refractivity contribution >= 4 is 5.91 Å². The normalized spacial score (nSPS) is 11.8. The van der Waals surface area contributed by atoms with E-state index in [1.54, 1.807) is 7.05 Å². The zero-order valence-electron chi connectivity index (χ0n) is 15.8. The van der Waals surface area contributed by atoms with Crippen LogP contribution in [0.15, 0.2) is 65.5 Å². The summed E-state index contributed by atoms with van der Waals surface area (Å²) in [6, 6.07) is 19.0. The van der Waals surface area contributed by atoms with E-state index in [2.05, 4.69) is 10.4 Å². The Bertz CT molecular complexity index is 995. The summed E-state index contributed by atoms with van der Waals surface area (Å²) < 4.78 is 1.24. The molecular formula is C22H23N3O2. The largest absolute Gasteiger partial charge is 0.349 e. The lowest BCUT2D eigenvalue weighted by molar-refractivity contribution is 0.0937. The number of benzene rings is 2. The maximum absolute atomic E-state index is 13.0. The molecular weight excluding hydrogens is 338 g/mol. The average Bonchev–Trinajstić information content (AvgIpc) is 2.70. The third kappa shape index (κ3) is 3.82. The van der Waals surface area contributed by atoms with E-state index in [1.165, 1.54) is 4.68 Å². The van der Waals surface area contributed by atoms with Crippen molar-refractivity contribution in [3.8, 4) is 22.4 Å². The van der Waals surface area contributed by atoms with E-state index in [0.29, 0.717) is 11.3 Å². The lowest BCUT2D eigenvalue weighted by Gasteiger charge is -2.17. The molecule has 1 N–H and O–H groups in total. The van der Waals surface area contributed by atoms with Gasteiger partial charge >= 0.3 is 0 Å². The number of hydrogen-bond acceptors (Lipinski definition) is 3. The summed E-state index contributed by atoms with van der Waals surface area (Å²) in [4.78, 5) is 25.9. The molecule has 3 rings (SSSR count). The molecule has 0 radical (unpaired) electrons. The monoisotopic (exact) mass is 361 g/mol. The standard InChI is InChI=1S/C22H23N3O2/c1-4-15(2)23-21(26)19-18(16-11-7-5-8-12-16)20(24-25(3)22(19)27)17-13-9-6-10-14-17/h5-15H,4H2,1-3H3,(H,23,26). The smallest absolute Gasteiger partial charge is 0.280 e. The minimum atomic E-state index is -0.408. The number of aryl methyl sites for hydroxylation is 1. The first-order valence-electron chi connectivity index (χ1n) is 9.06. The van der Waals surface area contributed by atoms with Crippen molar-refractivity contribution in [1.29, 1.82) is 0 Å². The van der Waals surface area contributed by atoms with Gasteiger partial charge in [0.25, 0.3) is 11.5 Å². The van der Waals surface area contributed by atoms with Crippen molar-refractivity contribution in [3.05, 3.63) is 76.6 Å². The summed E-state index contributed by atoms with van der Waals surface area (Å²) in [5.74, 6) is -0.372. The van der Waals surface area contributed by atoms with Crippen LogP contribution in [0.4, 0.5) is 0 Å². The molecule has 0 fully saturated rings. The number of amides is 1. The quantitative estimate of drug-likeness (QED) is 0.754. The summed E-state index contributed by atoms with van der Waals surface area (Å²) in [6.07, 6.45) is 0.781. The van der Waals surface area contributed by atoms with Gasteiger partial charge in [0.1, 0.15) is 5.56 Å². The zero-order valence-corrected chi connectivity index (χ0v) is 15.8. The number of nitrogens with zero attached hydrogens (tertiary/aromatic N) is 2. The third-order valence-corrected chi connectivity index (χ3v) is 4.57. The fraction of sp³-hybridized carbons (Fsp3) is 0.227. The molecule has 1 unspecified atom stereocenters. The van der Waals surface area contributed by atoms with Gasteiger partial charge in [-0.2, -0.15) is 5.10 Å². The van der Waals surface area contributed by atoms with Gasteiger partial charge in [-0.3, -0.25) is 9.59 Å². The molecule has 0 spiro atoms. The highest BCUT2D eigenvalue weighted by Crippen LogP contribution is 2.31. The van der Waals surface area contributed by atoms with Crippen LogP contribution in [0.5, 0.6) is 0 Å². The molecule has 0 bridgehead atoms. The molecule has 0 aliphatic carbocycles. The molecule has 3 aromatic rings. The van der Waals surface area contributed by atoms with Crippen LogP contribution in [0, 0.1) is 0 Å². The summed E-state index contributed by atoms with van der Waals surface area (Å²) >= 11 is 0. The number of hydrogen-bond donors (Lipinski definition) is 1. The molecule has 1 atom stereocenters. The number of aromatic nitrogens is 2. The van der Waals surface area contributed by atoms with Crippen molar-refractivity contribution in [1.82, 2.24) is 15.1 Å². The van der Waals surface area contributed by atoms with Crippen molar-refractivity contribution in [3.63, 3.8) is 0 Å². The van der Waals surface area contributed by atoms with E-state index in [1.807, 2.05) is 74.5 Å². The predicted molar refractivity (Wildman–Crippen MR) is 108 cm³/mol. The van der Waals surface area contributed by atoms with Gasteiger partial charge in [-0.25, -0.2) is 4.68 Å². The Labute approximate surface area is 158 Å². The lowest BCUT2D eigenvalue weighted by atomic mass is 9.95. The third-order valence-electron chi connectivity index (χ3n) is 4.57. The molecule has 27 heavy (non-hydrogen) atoms. The SMILES string of the molecule is CCC(C)NC(=O)c1c(-c2ccccc2)c(-c2ccccc2)nn(C)c1=O. The summed E-state index contributed by atoms with van der Waals surface area (Å²) in [6.45, 7) is 3.91. The number of nitrogens with one attached hydrogen (secondary N) is 1. The summed E-state index contributed by atoms with van der Waals surface area (Å²) in [5.41, 5.74) is 2.52. The zero-order chi connectivity index (χ0) is 19.4. The van der Waals surface area contributed by atoms with Gasteiger partial charge in [0.15, 0.2) is 0 Å². The van der Waals surface area contributed by atoms with Gasteiger partial charge in [-0.1, -0.05) is 67.6 Å². The van der Waals surface area contributed by atoms with Crippen LogP contribution in [0.1, 0.15) is 30.6 Å². The van der Waals surface area contributed by atoms with Crippen LogP contribution >= 0.6 is 0 Å². The van der Waals surface area contributed by atoms with Crippen molar-refractivity contribution in [2.75, 3.05) is 0 Å². The first-order chi connectivity index (χ1) is 13.0. The van der Waals surface area contributed by atoms with E-state index >= 15 is 0 Å². The molecule has 0 saturated heterocycles. The fourth-order valence-electron chi connectivity index (χ4n) is 2.93. The molecule has 0 aliphatic heterocycles. The average molecular weight is 361 g/mol. The van der Waals surface area contributed by atoms with Crippen molar-refractivity contribution < 1.29 is 4.79 Å². The van der Waals surface area contributed by atoms with Gasteiger partial charge in [0.05, 0.1) is 5.69 Å². The molecule has 1 aromatic heterocycles. The van der Waals surface area contributed by atoms with Gasteiger partial charge < -0.3 is 5.32 Å². The highest BCUT2D eigenvalue weighted by molar-refractivity contribution is 6.03. The summed E-state index contributed by atoms with van der Waals surface area (Å²) in [7, 11) is 1.57. The molecule has 0 aliphatic rings. The molecule has 138 valence electrons. The summed E-state index contributed by atoms with van der Waals surface area (Å²) in [5, 5.41) is 7.41. The molecule has 1 heterocycles. The Hall–Kier alpha value is -3.21. The Morgan fingerprint density at radius 1 is 1.04 bits per heavy atom. The molecule has 1 amide bonds. The lowest BCUT2D eigenvalue weighted by Crippen LogP contribution is -2.38. The van der Waals surface area contributed by atoms with E-state index in [9.17, 15) is 9.59 Å². The maximum Gasteiger partial charge on any atom is 0.280 e. The van der Waals surface area contributed by atoms with Gasteiger partial charge in [0, 0.05) is 24.2 Å². The van der Waals surface area contributed by atoms with Crippen LogP contribution in [0.25, 0.3) is 22.4 Å². The van der Waals surface area contributed by atoms with Crippen LogP contribution in [0.2, 0.25) is 0 Å². The van der Waals surface area contributed by atoms with Gasteiger partial charge in [-0.15, -0.1) is 0 Å². The van der Waals surface area contributed by atoms with E-state index < -0.39 is 5.56 Å². The highest BCUT2D eigenvalue weighted by atomic mass is 16.2. The Morgan fingerprint density at radius 2 is 1.59 bits per heavy atom. The van der Waals surface area contributed by atoms with Crippen molar-refractivity contribution in [2.24, 2.45) is 7.05 Å². The van der Waals surface area contributed by atoms with Crippen LogP contribution in [-0.4, -0.2) is 21.7 Å². The van der Waals surface area contributed by atoms with Crippen LogP contribution in [-0.2, 0) is 7.05 Å². The number of rotatable bonds is 5. The molecule has 5 heteroatoms. The van der Waals surface area contributed by atoms with Crippen molar-refractivity contribution in [2.45, 2.75) is 26.3 Å². The van der Waals surface area contributed by atoms with Crippen LogP contribution in [0.3, 0.4) is 0 Å². The predicted octanol–water partition coefficient (Wildman–Crippen LogP) is 3.64. The first-order valence-corrected chi connectivity index (χ1v) is 9.06. The maximum atomic E-state index is 13.0. The topological polar surface area (TPSA) is 64.0 Å². The Morgan fingerprint density at radius 3 is 2.15 bits per heavy atom. The van der Waals surface area contributed by atoms with E-state index in [4.69, 9.17) is 0 Å². The fourth-order valence-corrected chi connectivity index (χ4v) is 2.93. The molecule has 2 aromatic carbocycles.